The van der Waals surface area contributed by atoms with Gasteiger partial charge in [-0.05, 0) is 80.3 Å². The van der Waals surface area contributed by atoms with E-state index in [2.05, 4.69) is 42.6 Å². The van der Waals surface area contributed by atoms with Gasteiger partial charge < -0.3 is 19.9 Å². The third kappa shape index (κ3) is 4.78. The molecule has 0 radical (unpaired) electrons. The number of aliphatic hydroxyl groups is 1. The second-order valence-corrected chi connectivity index (χ2v) is 8.38. The number of carbonyl (C=O) groups excluding carboxylic acids is 1. The van der Waals surface area contributed by atoms with Crippen LogP contribution < -0.4 is 14.8 Å². The third-order valence-electron chi connectivity index (χ3n) is 6.27. The van der Waals surface area contributed by atoms with Crippen LogP contribution in [0.4, 0.5) is 0 Å². The van der Waals surface area contributed by atoms with Crippen LogP contribution in [0.5, 0.6) is 11.5 Å². The minimum absolute atomic E-state index is 0.0159. The number of hydrogen-bond acceptors (Lipinski definition) is 4. The van der Waals surface area contributed by atoms with Gasteiger partial charge in [-0.1, -0.05) is 24.3 Å². The molecule has 1 aliphatic heterocycles. The summed E-state index contributed by atoms with van der Waals surface area (Å²) in [5.41, 5.74) is 3.74. The van der Waals surface area contributed by atoms with E-state index in [1.807, 2.05) is 12.1 Å². The first-order valence-electron chi connectivity index (χ1n) is 11.0. The largest absolute Gasteiger partial charge is 0.490 e. The van der Waals surface area contributed by atoms with Crippen molar-refractivity contribution in [1.29, 1.82) is 0 Å². The summed E-state index contributed by atoms with van der Waals surface area (Å²) in [7, 11) is 0. The van der Waals surface area contributed by atoms with Crippen molar-refractivity contribution >= 4 is 5.91 Å². The van der Waals surface area contributed by atoms with E-state index in [-0.39, 0.29) is 30.6 Å². The zero-order valence-corrected chi connectivity index (χ0v) is 17.6. The third-order valence-corrected chi connectivity index (χ3v) is 6.27. The van der Waals surface area contributed by atoms with Crippen molar-refractivity contribution in [1.82, 2.24) is 5.32 Å². The van der Waals surface area contributed by atoms with Crippen molar-refractivity contribution in [2.45, 2.75) is 57.7 Å². The Morgan fingerprint density at radius 3 is 2.70 bits per heavy atom. The van der Waals surface area contributed by atoms with Gasteiger partial charge in [-0.3, -0.25) is 4.79 Å². The van der Waals surface area contributed by atoms with Gasteiger partial charge in [0.15, 0.2) is 0 Å². The molecule has 5 nitrogen and oxygen atoms in total. The molecule has 4 rings (SSSR count). The number of hydrogen-bond donors (Lipinski definition) is 2. The Morgan fingerprint density at radius 1 is 1.13 bits per heavy atom. The minimum Gasteiger partial charge on any atom is -0.490 e. The molecule has 1 fully saturated rings. The zero-order valence-electron chi connectivity index (χ0n) is 17.6. The lowest BCUT2D eigenvalue weighted by Crippen LogP contribution is -2.36. The molecule has 1 saturated carbocycles. The Labute approximate surface area is 178 Å². The molecule has 0 bridgehead atoms. The van der Waals surface area contributed by atoms with Crippen LogP contribution in [0.25, 0.3) is 0 Å². The molecule has 0 spiro atoms. The predicted molar refractivity (Wildman–Crippen MR) is 116 cm³/mol. The van der Waals surface area contributed by atoms with Crippen molar-refractivity contribution in [2.24, 2.45) is 5.92 Å². The summed E-state index contributed by atoms with van der Waals surface area (Å²) < 4.78 is 12.5. The van der Waals surface area contributed by atoms with Crippen LogP contribution in [0, 0.1) is 12.8 Å². The topological polar surface area (TPSA) is 67.8 Å². The molecule has 0 saturated heterocycles. The molecule has 160 valence electrons. The van der Waals surface area contributed by atoms with Crippen LogP contribution in [-0.4, -0.2) is 30.3 Å². The fourth-order valence-corrected chi connectivity index (χ4v) is 4.56. The molecule has 2 aliphatic rings. The van der Waals surface area contributed by atoms with Gasteiger partial charge in [0.05, 0.1) is 12.7 Å². The SMILES string of the molecule is Cc1ccccc1C1CCc2cc(OC3CCC(C(=O)NCCO)CC3)ccc2O1. The molecule has 0 aromatic heterocycles. The number of fused-ring (bicyclic) bond motifs is 1. The van der Waals surface area contributed by atoms with E-state index < -0.39 is 0 Å². The van der Waals surface area contributed by atoms with Crippen LogP contribution >= 0.6 is 0 Å². The number of carbonyl (C=O) groups is 1. The van der Waals surface area contributed by atoms with Gasteiger partial charge in [0, 0.05) is 12.5 Å². The molecule has 2 aromatic rings. The molecule has 1 atom stereocenters. The second kappa shape index (κ2) is 9.52. The summed E-state index contributed by atoms with van der Waals surface area (Å²) in [6.07, 6.45) is 5.60. The molecular weight excluding hydrogens is 378 g/mol. The van der Waals surface area contributed by atoms with E-state index in [0.29, 0.717) is 6.54 Å². The van der Waals surface area contributed by atoms with Crippen LogP contribution in [0.1, 0.15) is 54.9 Å². The Morgan fingerprint density at radius 2 is 1.93 bits per heavy atom. The monoisotopic (exact) mass is 409 g/mol. The molecule has 2 N–H and O–H groups in total. The highest BCUT2D eigenvalue weighted by Crippen LogP contribution is 2.38. The molecule has 5 heteroatoms. The molecule has 30 heavy (non-hydrogen) atoms. The first-order valence-corrected chi connectivity index (χ1v) is 11.0. The zero-order chi connectivity index (χ0) is 20.9. The van der Waals surface area contributed by atoms with Gasteiger partial charge in [0.25, 0.3) is 0 Å². The highest BCUT2D eigenvalue weighted by atomic mass is 16.5. The average molecular weight is 410 g/mol. The Balaban J connectivity index is 1.33. The Hall–Kier alpha value is -2.53. The van der Waals surface area contributed by atoms with Crippen molar-refractivity contribution in [3.8, 4) is 11.5 Å². The average Bonchev–Trinajstić information content (AvgIpc) is 2.78. The van der Waals surface area contributed by atoms with Gasteiger partial charge in [0.2, 0.25) is 5.91 Å². The van der Waals surface area contributed by atoms with Crippen molar-refractivity contribution in [3.63, 3.8) is 0 Å². The Kier molecular flexibility index (Phi) is 6.58. The maximum atomic E-state index is 12.1. The summed E-state index contributed by atoms with van der Waals surface area (Å²) in [6, 6.07) is 14.6. The summed E-state index contributed by atoms with van der Waals surface area (Å²) in [5.74, 6) is 1.93. The summed E-state index contributed by atoms with van der Waals surface area (Å²) >= 11 is 0. The number of aliphatic hydroxyl groups excluding tert-OH is 1. The van der Waals surface area contributed by atoms with E-state index in [9.17, 15) is 4.79 Å². The smallest absolute Gasteiger partial charge is 0.223 e. The lowest BCUT2D eigenvalue weighted by Gasteiger charge is -2.30. The van der Waals surface area contributed by atoms with Crippen LogP contribution in [0.2, 0.25) is 0 Å². The number of amides is 1. The first kappa shape index (κ1) is 20.7. The van der Waals surface area contributed by atoms with Crippen LogP contribution in [0.3, 0.4) is 0 Å². The predicted octanol–water partition coefficient (Wildman–Crippen LogP) is 4.11. The molecule has 1 amide bonds. The van der Waals surface area contributed by atoms with Crippen LogP contribution in [-0.2, 0) is 11.2 Å². The van der Waals surface area contributed by atoms with Gasteiger partial charge in [-0.25, -0.2) is 0 Å². The Bertz CT molecular complexity index is 873. The van der Waals surface area contributed by atoms with Gasteiger partial charge in [0.1, 0.15) is 17.6 Å². The van der Waals surface area contributed by atoms with Crippen LogP contribution in [0.15, 0.2) is 42.5 Å². The van der Waals surface area contributed by atoms with Gasteiger partial charge in [-0.15, -0.1) is 0 Å². The van der Waals surface area contributed by atoms with E-state index in [1.165, 1.54) is 16.7 Å². The summed E-state index contributed by atoms with van der Waals surface area (Å²) in [4.78, 5) is 12.1. The van der Waals surface area contributed by atoms with E-state index in [0.717, 1.165) is 50.0 Å². The van der Waals surface area contributed by atoms with Gasteiger partial charge >= 0.3 is 0 Å². The fraction of sp³-hybridized carbons (Fsp3) is 0.480. The first-order chi connectivity index (χ1) is 14.6. The summed E-state index contributed by atoms with van der Waals surface area (Å²) in [5, 5.41) is 11.6. The number of ether oxygens (including phenoxy) is 2. The molecular formula is C25H31NO4. The number of nitrogens with one attached hydrogen (secondary N) is 1. The molecule has 1 heterocycles. The van der Waals surface area contributed by atoms with E-state index in [1.54, 1.807) is 0 Å². The molecule has 2 aromatic carbocycles. The van der Waals surface area contributed by atoms with Crippen molar-refractivity contribution < 1.29 is 19.4 Å². The highest BCUT2D eigenvalue weighted by Gasteiger charge is 2.28. The molecule has 1 aliphatic carbocycles. The lowest BCUT2D eigenvalue weighted by atomic mass is 9.86. The highest BCUT2D eigenvalue weighted by molar-refractivity contribution is 5.78. The lowest BCUT2D eigenvalue weighted by molar-refractivity contribution is -0.126. The number of aryl methyl sites for hydroxylation is 2. The number of rotatable bonds is 6. The standard InChI is InChI=1S/C25H31NO4/c1-17-4-2-3-5-22(17)24-12-8-19-16-21(11-13-23(19)30-24)29-20-9-6-18(7-10-20)25(28)26-14-15-27/h2-5,11,13,16,18,20,24,27H,6-10,12,14-15H2,1H3,(H,26,28). The van der Waals surface area contributed by atoms with Crippen molar-refractivity contribution in [3.05, 3.63) is 59.2 Å². The fourth-order valence-electron chi connectivity index (χ4n) is 4.56. The quantitative estimate of drug-likeness (QED) is 0.754. The normalized spacial score (nSPS) is 23.2. The van der Waals surface area contributed by atoms with E-state index >= 15 is 0 Å². The second-order valence-electron chi connectivity index (χ2n) is 8.38. The van der Waals surface area contributed by atoms with E-state index in [4.69, 9.17) is 14.6 Å². The maximum Gasteiger partial charge on any atom is 0.223 e. The van der Waals surface area contributed by atoms with Crippen molar-refractivity contribution in [2.75, 3.05) is 13.2 Å². The van der Waals surface area contributed by atoms with Gasteiger partial charge in [-0.2, -0.15) is 0 Å². The maximum absolute atomic E-state index is 12.1. The number of benzene rings is 2. The summed E-state index contributed by atoms with van der Waals surface area (Å²) in [6.45, 7) is 2.45. The molecule has 1 unspecified atom stereocenters. The minimum atomic E-state index is -0.0159.